The monoisotopic (exact) mass is 294 g/mol. The molecule has 1 aliphatic heterocycles. The van der Waals surface area contributed by atoms with Crippen molar-refractivity contribution >= 4 is 18.3 Å². The first-order valence-corrected chi connectivity index (χ1v) is 7.43. The van der Waals surface area contributed by atoms with Crippen molar-refractivity contribution in [2.45, 2.75) is 50.6 Å². The van der Waals surface area contributed by atoms with Crippen LogP contribution < -0.4 is 10.6 Å². The van der Waals surface area contributed by atoms with Gasteiger partial charge < -0.3 is 10.6 Å². The number of aryl methyl sites for hydroxylation is 1. The lowest BCUT2D eigenvalue weighted by atomic mass is 10.1. The number of hydrogen-bond donors (Lipinski definition) is 2. The van der Waals surface area contributed by atoms with Gasteiger partial charge in [0.2, 0.25) is 5.91 Å². The summed E-state index contributed by atoms with van der Waals surface area (Å²) < 4.78 is 0. The fourth-order valence-corrected chi connectivity index (χ4v) is 3.28. The molecule has 3 nitrogen and oxygen atoms in total. The van der Waals surface area contributed by atoms with Gasteiger partial charge in [-0.3, -0.25) is 4.79 Å². The van der Waals surface area contributed by atoms with Gasteiger partial charge in [0.05, 0.1) is 6.04 Å². The molecule has 0 spiro atoms. The molecule has 1 heterocycles. The minimum atomic E-state index is 0. The Morgan fingerprint density at radius 2 is 2.15 bits per heavy atom. The van der Waals surface area contributed by atoms with Crippen molar-refractivity contribution in [3.05, 3.63) is 35.4 Å². The van der Waals surface area contributed by atoms with Crippen LogP contribution in [0.1, 0.15) is 49.3 Å². The zero-order chi connectivity index (χ0) is 13.1. The first-order valence-electron chi connectivity index (χ1n) is 7.43. The molecule has 2 aliphatic rings. The Balaban J connectivity index is 0.00000147. The Morgan fingerprint density at radius 1 is 1.30 bits per heavy atom. The zero-order valence-electron chi connectivity index (χ0n) is 11.7. The van der Waals surface area contributed by atoms with Gasteiger partial charge in [-0.2, -0.15) is 0 Å². The average Bonchev–Trinajstić information content (AvgIpc) is 3.07. The molecule has 110 valence electrons. The van der Waals surface area contributed by atoms with Crippen molar-refractivity contribution in [3.63, 3.8) is 0 Å². The van der Waals surface area contributed by atoms with E-state index in [-0.39, 0.29) is 24.4 Å². The molecule has 0 aromatic heterocycles. The van der Waals surface area contributed by atoms with E-state index < -0.39 is 0 Å². The van der Waals surface area contributed by atoms with E-state index in [4.69, 9.17) is 0 Å². The first-order chi connectivity index (χ1) is 9.33. The Kier molecular flexibility index (Phi) is 5.44. The topological polar surface area (TPSA) is 41.1 Å². The van der Waals surface area contributed by atoms with Gasteiger partial charge in [0, 0.05) is 12.5 Å². The van der Waals surface area contributed by atoms with Crippen molar-refractivity contribution in [3.8, 4) is 0 Å². The van der Waals surface area contributed by atoms with Gasteiger partial charge in [-0.25, -0.2) is 0 Å². The SMILES string of the molecule is Cl.O=C(CCC1CCCN1)NC1CCc2ccccc21. The van der Waals surface area contributed by atoms with Crippen LogP contribution in [0.2, 0.25) is 0 Å². The molecule has 1 aromatic carbocycles. The molecule has 1 saturated heterocycles. The highest BCUT2D eigenvalue weighted by Crippen LogP contribution is 2.30. The highest BCUT2D eigenvalue weighted by molar-refractivity contribution is 5.85. The van der Waals surface area contributed by atoms with Gasteiger partial charge in [-0.15, -0.1) is 12.4 Å². The maximum atomic E-state index is 12.0. The van der Waals surface area contributed by atoms with Crippen LogP contribution in [0, 0.1) is 0 Å². The third kappa shape index (κ3) is 3.53. The summed E-state index contributed by atoms with van der Waals surface area (Å²) in [4.78, 5) is 12.0. The molecule has 4 heteroatoms. The van der Waals surface area contributed by atoms with Crippen LogP contribution in [0.3, 0.4) is 0 Å². The molecule has 0 radical (unpaired) electrons. The molecule has 20 heavy (non-hydrogen) atoms. The van der Waals surface area contributed by atoms with Crippen molar-refractivity contribution in [1.82, 2.24) is 10.6 Å². The second-order valence-electron chi connectivity index (χ2n) is 5.69. The lowest BCUT2D eigenvalue weighted by Gasteiger charge is -2.15. The van der Waals surface area contributed by atoms with Crippen molar-refractivity contribution < 1.29 is 4.79 Å². The van der Waals surface area contributed by atoms with Crippen LogP contribution in [0.4, 0.5) is 0 Å². The summed E-state index contributed by atoms with van der Waals surface area (Å²) >= 11 is 0. The van der Waals surface area contributed by atoms with Crippen LogP contribution in [-0.2, 0) is 11.2 Å². The number of halogens is 1. The quantitative estimate of drug-likeness (QED) is 0.896. The fourth-order valence-electron chi connectivity index (χ4n) is 3.28. The molecular weight excluding hydrogens is 272 g/mol. The highest BCUT2D eigenvalue weighted by atomic mass is 35.5. The van der Waals surface area contributed by atoms with Gasteiger partial charge in [-0.05, 0) is 49.8 Å². The molecule has 2 atom stereocenters. The Bertz CT molecular complexity index is 458. The minimum Gasteiger partial charge on any atom is -0.349 e. The van der Waals surface area contributed by atoms with Gasteiger partial charge in [0.25, 0.3) is 0 Å². The normalized spacial score (nSPS) is 24.0. The number of hydrogen-bond acceptors (Lipinski definition) is 2. The summed E-state index contributed by atoms with van der Waals surface area (Å²) in [6, 6.07) is 9.25. The molecule has 0 saturated carbocycles. The minimum absolute atomic E-state index is 0. The Labute approximate surface area is 126 Å². The molecule has 1 aliphatic carbocycles. The third-order valence-electron chi connectivity index (χ3n) is 4.35. The maximum Gasteiger partial charge on any atom is 0.220 e. The van der Waals surface area contributed by atoms with Crippen LogP contribution in [0.25, 0.3) is 0 Å². The predicted molar refractivity (Wildman–Crippen MR) is 83.2 cm³/mol. The first kappa shape index (κ1) is 15.3. The fraction of sp³-hybridized carbons (Fsp3) is 0.562. The van der Waals surface area contributed by atoms with Gasteiger partial charge in [-0.1, -0.05) is 24.3 Å². The van der Waals surface area contributed by atoms with Gasteiger partial charge in [0.1, 0.15) is 0 Å². The molecular formula is C16H23ClN2O. The molecule has 1 aromatic rings. The average molecular weight is 295 g/mol. The second-order valence-corrected chi connectivity index (χ2v) is 5.69. The van der Waals surface area contributed by atoms with Crippen molar-refractivity contribution in [2.24, 2.45) is 0 Å². The lowest BCUT2D eigenvalue weighted by molar-refractivity contribution is -0.122. The van der Waals surface area contributed by atoms with E-state index in [0.29, 0.717) is 12.5 Å². The molecule has 2 N–H and O–H groups in total. The van der Waals surface area contributed by atoms with E-state index in [1.165, 1.54) is 24.0 Å². The number of rotatable bonds is 4. The van der Waals surface area contributed by atoms with E-state index in [1.54, 1.807) is 0 Å². The number of nitrogens with one attached hydrogen (secondary N) is 2. The van der Waals surface area contributed by atoms with E-state index >= 15 is 0 Å². The molecule has 2 unspecified atom stereocenters. The zero-order valence-corrected chi connectivity index (χ0v) is 12.5. The third-order valence-corrected chi connectivity index (χ3v) is 4.35. The van der Waals surface area contributed by atoms with Crippen molar-refractivity contribution in [1.29, 1.82) is 0 Å². The summed E-state index contributed by atoms with van der Waals surface area (Å²) in [5.74, 6) is 0.204. The number of carbonyl (C=O) groups excluding carboxylic acids is 1. The van der Waals surface area contributed by atoms with E-state index in [1.807, 2.05) is 0 Å². The lowest BCUT2D eigenvalue weighted by Crippen LogP contribution is -2.29. The number of carbonyl (C=O) groups is 1. The molecule has 1 fully saturated rings. The van der Waals surface area contributed by atoms with Gasteiger partial charge >= 0.3 is 0 Å². The predicted octanol–water partition coefficient (Wildman–Crippen LogP) is 2.74. The van der Waals surface area contributed by atoms with Crippen molar-refractivity contribution in [2.75, 3.05) is 6.54 Å². The maximum absolute atomic E-state index is 12.0. The second kappa shape index (κ2) is 7.09. The largest absolute Gasteiger partial charge is 0.349 e. The Hall–Kier alpha value is -1.06. The van der Waals surface area contributed by atoms with Gasteiger partial charge in [0.15, 0.2) is 0 Å². The smallest absolute Gasteiger partial charge is 0.220 e. The molecule has 3 rings (SSSR count). The summed E-state index contributed by atoms with van der Waals surface area (Å²) in [6.07, 6.45) is 6.23. The number of benzene rings is 1. The summed E-state index contributed by atoms with van der Waals surface area (Å²) in [5.41, 5.74) is 2.71. The van der Waals surface area contributed by atoms with Crippen LogP contribution in [0.5, 0.6) is 0 Å². The molecule has 0 bridgehead atoms. The van der Waals surface area contributed by atoms with E-state index in [0.717, 1.165) is 25.8 Å². The highest BCUT2D eigenvalue weighted by Gasteiger charge is 2.23. The summed E-state index contributed by atoms with van der Waals surface area (Å²) in [7, 11) is 0. The number of fused-ring (bicyclic) bond motifs is 1. The Morgan fingerprint density at radius 3 is 2.95 bits per heavy atom. The van der Waals surface area contributed by atoms with Crippen LogP contribution in [-0.4, -0.2) is 18.5 Å². The van der Waals surface area contributed by atoms with E-state index in [9.17, 15) is 4.79 Å². The van der Waals surface area contributed by atoms with Crippen LogP contribution >= 0.6 is 12.4 Å². The van der Waals surface area contributed by atoms with E-state index in [2.05, 4.69) is 34.9 Å². The molecule has 1 amide bonds. The number of amides is 1. The standard InChI is InChI=1S/C16H22N2O.ClH/c19-16(10-8-13-5-3-11-17-13)18-15-9-7-12-4-1-2-6-14(12)15;/h1-2,4,6,13,15,17H,3,5,7-11H2,(H,18,19);1H. The van der Waals surface area contributed by atoms with Crippen LogP contribution in [0.15, 0.2) is 24.3 Å². The summed E-state index contributed by atoms with van der Waals surface area (Å²) in [5, 5.41) is 6.63. The summed E-state index contributed by atoms with van der Waals surface area (Å²) in [6.45, 7) is 1.11.